The summed E-state index contributed by atoms with van der Waals surface area (Å²) in [4.78, 5) is 1.33. The van der Waals surface area contributed by atoms with Crippen LogP contribution in [0.3, 0.4) is 0 Å². The molecule has 0 aromatic heterocycles. The maximum atomic E-state index is 13.7. The van der Waals surface area contributed by atoms with E-state index in [1.54, 1.807) is 6.07 Å². The van der Waals surface area contributed by atoms with Gasteiger partial charge in [-0.2, -0.15) is 0 Å². The van der Waals surface area contributed by atoms with Crippen molar-refractivity contribution in [2.45, 2.75) is 17.5 Å². The molecule has 98 valence electrons. The summed E-state index contributed by atoms with van der Waals surface area (Å²) in [6, 6.07) is 13.8. The second-order valence-corrected chi connectivity index (χ2v) is 6.50. The van der Waals surface area contributed by atoms with Gasteiger partial charge in [0.1, 0.15) is 5.82 Å². The van der Waals surface area contributed by atoms with Gasteiger partial charge in [-0.05, 0) is 29.8 Å². The fraction of sp³-hybridized carbons (Fsp3) is 0.200. The molecule has 19 heavy (non-hydrogen) atoms. The predicted molar refractivity (Wildman–Crippen MR) is 80.8 cm³/mol. The lowest BCUT2D eigenvalue weighted by Gasteiger charge is -2.13. The highest BCUT2D eigenvalue weighted by Crippen LogP contribution is 2.37. The quantitative estimate of drug-likeness (QED) is 0.883. The Morgan fingerprint density at radius 3 is 3.00 bits per heavy atom. The van der Waals surface area contributed by atoms with Crippen molar-refractivity contribution >= 4 is 27.7 Å². The van der Waals surface area contributed by atoms with Crippen LogP contribution in [0.5, 0.6) is 0 Å². The maximum Gasteiger partial charge on any atom is 0.127 e. The molecule has 4 heteroatoms. The number of benzene rings is 2. The van der Waals surface area contributed by atoms with Crippen molar-refractivity contribution in [3.05, 3.63) is 63.9 Å². The smallest absolute Gasteiger partial charge is 0.127 e. The first-order valence-corrected chi connectivity index (χ1v) is 7.91. The molecule has 1 nitrogen and oxygen atoms in total. The highest BCUT2D eigenvalue weighted by molar-refractivity contribution is 9.10. The lowest BCUT2D eigenvalue weighted by Crippen LogP contribution is -2.21. The van der Waals surface area contributed by atoms with Gasteiger partial charge in [0.2, 0.25) is 0 Å². The number of fused-ring (bicyclic) bond motifs is 1. The van der Waals surface area contributed by atoms with Crippen LogP contribution in [0.1, 0.15) is 17.2 Å². The summed E-state index contributed by atoms with van der Waals surface area (Å²) in [7, 11) is 0. The zero-order chi connectivity index (χ0) is 13.2. The van der Waals surface area contributed by atoms with Gasteiger partial charge in [0.05, 0.1) is 0 Å². The normalized spacial score (nSPS) is 17.5. The van der Waals surface area contributed by atoms with Gasteiger partial charge in [-0.3, -0.25) is 0 Å². The molecule has 0 bridgehead atoms. The number of hydrogen-bond acceptors (Lipinski definition) is 2. The van der Waals surface area contributed by atoms with Crippen LogP contribution < -0.4 is 5.32 Å². The van der Waals surface area contributed by atoms with E-state index in [-0.39, 0.29) is 5.82 Å². The molecule has 1 unspecified atom stereocenters. The summed E-state index contributed by atoms with van der Waals surface area (Å²) >= 11 is 5.23. The molecule has 0 saturated carbocycles. The van der Waals surface area contributed by atoms with Crippen molar-refractivity contribution in [1.82, 2.24) is 5.32 Å². The predicted octanol–water partition coefficient (Wildman–Crippen LogP) is 4.52. The van der Waals surface area contributed by atoms with Gasteiger partial charge < -0.3 is 5.32 Å². The molecule has 1 N–H and O–H groups in total. The standard InChI is InChI=1S/C15H13BrFNS/c16-11-5-6-13(17)10(7-11)8-18-14-9-19-15-4-2-1-3-12(14)15/h1-7,14,18H,8-9H2. The van der Waals surface area contributed by atoms with Gasteiger partial charge in [0, 0.05) is 33.3 Å². The zero-order valence-corrected chi connectivity index (χ0v) is 12.6. The van der Waals surface area contributed by atoms with Crippen LogP contribution in [0.25, 0.3) is 0 Å². The van der Waals surface area contributed by atoms with Crippen molar-refractivity contribution in [2.75, 3.05) is 5.75 Å². The highest BCUT2D eigenvalue weighted by atomic mass is 79.9. The molecular formula is C15H13BrFNS. The molecule has 1 aliphatic rings. The molecule has 0 radical (unpaired) electrons. The first-order chi connectivity index (χ1) is 9.24. The van der Waals surface area contributed by atoms with Crippen molar-refractivity contribution in [3.8, 4) is 0 Å². The Labute approximate surface area is 124 Å². The summed E-state index contributed by atoms with van der Waals surface area (Å²) in [5.74, 6) is 0.851. The van der Waals surface area contributed by atoms with Crippen LogP contribution in [0.4, 0.5) is 4.39 Å². The molecular weight excluding hydrogens is 325 g/mol. The molecule has 0 aliphatic carbocycles. The minimum Gasteiger partial charge on any atom is -0.305 e. The summed E-state index contributed by atoms with van der Waals surface area (Å²) < 4.78 is 14.6. The third-order valence-corrected chi connectivity index (χ3v) is 4.92. The lowest BCUT2D eigenvalue weighted by molar-refractivity contribution is 0.549. The van der Waals surface area contributed by atoms with Gasteiger partial charge in [-0.25, -0.2) is 4.39 Å². The summed E-state index contributed by atoms with van der Waals surface area (Å²) in [6.07, 6.45) is 0. The van der Waals surface area contributed by atoms with Gasteiger partial charge in [-0.1, -0.05) is 34.1 Å². The van der Waals surface area contributed by atoms with Crippen LogP contribution in [0, 0.1) is 5.82 Å². The third kappa shape index (κ3) is 2.86. The average molecular weight is 338 g/mol. The average Bonchev–Trinajstić information content (AvgIpc) is 2.83. The largest absolute Gasteiger partial charge is 0.305 e. The fourth-order valence-corrected chi connectivity index (χ4v) is 3.85. The van der Waals surface area contributed by atoms with Gasteiger partial charge in [-0.15, -0.1) is 11.8 Å². The number of thioether (sulfide) groups is 1. The number of halogens is 2. The minimum absolute atomic E-state index is 0.158. The molecule has 0 fully saturated rings. The topological polar surface area (TPSA) is 12.0 Å². The van der Waals surface area contributed by atoms with E-state index in [0.29, 0.717) is 18.2 Å². The molecule has 0 spiro atoms. The first-order valence-electron chi connectivity index (χ1n) is 6.13. The molecule has 2 aromatic rings. The van der Waals surface area contributed by atoms with Crippen molar-refractivity contribution in [3.63, 3.8) is 0 Å². The van der Waals surface area contributed by atoms with E-state index >= 15 is 0 Å². The molecule has 2 aromatic carbocycles. The second kappa shape index (κ2) is 5.65. The second-order valence-electron chi connectivity index (χ2n) is 4.52. The van der Waals surface area contributed by atoms with Crippen molar-refractivity contribution in [1.29, 1.82) is 0 Å². The van der Waals surface area contributed by atoms with Gasteiger partial charge in [0.25, 0.3) is 0 Å². The van der Waals surface area contributed by atoms with Crippen LogP contribution in [0.15, 0.2) is 51.8 Å². The Morgan fingerprint density at radius 1 is 1.26 bits per heavy atom. The Morgan fingerprint density at radius 2 is 2.11 bits per heavy atom. The first kappa shape index (κ1) is 13.2. The molecule has 3 rings (SSSR count). The van der Waals surface area contributed by atoms with Gasteiger partial charge >= 0.3 is 0 Å². The third-order valence-electron chi connectivity index (χ3n) is 3.25. The zero-order valence-electron chi connectivity index (χ0n) is 10.2. The Bertz CT molecular complexity index is 602. The van der Waals surface area contributed by atoms with E-state index in [1.165, 1.54) is 16.5 Å². The minimum atomic E-state index is -0.158. The molecule has 1 atom stereocenters. The summed E-state index contributed by atoms with van der Waals surface area (Å²) in [6.45, 7) is 0.546. The van der Waals surface area contributed by atoms with Crippen molar-refractivity contribution in [2.24, 2.45) is 0 Å². The maximum absolute atomic E-state index is 13.7. The summed E-state index contributed by atoms with van der Waals surface area (Å²) in [5.41, 5.74) is 2.02. The molecule has 1 aliphatic heterocycles. The van der Waals surface area contributed by atoms with Gasteiger partial charge in [0.15, 0.2) is 0 Å². The fourth-order valence-electron chi connectivity index (χ4n) is 2.24. The molecule has 0 amide bonds. The molecule has 1 heterocycles. The van der Waals surface area contributed by atoms with E-state index < -0.39 is 0 Å². The van der Waals surface area contributed by atoms with E-state index in [9.17, 15) is 4.39 Å². The Hall–Kier alpha value is -0.840. The van der Waals surface area contributed by atoms with Crippen molar-refractivity contribution < 1.29 is 4.39 Å². The van der Waals surface area contributed by atoms with Crippen LogP contribution in [-0.4, -0.2) is 5.75 Å². The monoisotopic (exact) mass is 337 g/mol. The lowest BCUT2D eigenvalue weighted by atomic mass is 10.1. The number of nitrogens with one attached hydrogen (secondary N) is 1. The van der Waals surface area contributed by atoms with E-state index in [2.05, 4.69) is 45.5 Å². The van der Waals surface area contributed by atoms with Crippen LogP contribution >= 0.6 is 27.7 Å². The summed E-state index contributed by atoms with van der Waals surface area (Å²) in [5, 5.41) is 3.44. The Balaban J connectivity index is 1.72. The SMILES string of the molecule is Fc1ccc(Br)cc1CNC1CSc2ccccc21. The number of hydrogen-bond donors (Lipinski definition) is 1. The van der Waals surface area contributed by atoms with E-state index in [4.69, 9.17) is 0 Å². The van der Waals surface area contributed by atoms with E-state index in [0.717, 1.165) is 10.2 Å². The van der Waals surface area contributed by atoms with E-state index in [1.807, 2.05) is 17.8 Å². The highest BCUT2D eigenvalue weighted by Gasteiger charge is 2.22. The molecule has 0 saturated heterocycles. The van der Waals surface area contributed by atoms with Crippen LogP contribution in [0.2, 0.25) is 0 Å². The number of rotatable bonds is 3. The Kier molecular flexibility index (Phi) is 3.91. The van der Waals surface area contributed by atoms with Crippen LogP contribution in [-0.2, 0) is 6.54 Å².